The Morgan fingerprint density at radius 1 is 0.966 bits per heavy atom. The maximum Gasteiger partial charge on any atom is 0.407 e. The molecular weight excluding hydrogens is 364 g/mol. The zero-order valence-electron chi connectivity index (χ0n) is 15.7. The largest absolute Gasteiger partial charge is 0.449 e. The van der Waals surface area contributed by atoms with Gasteiger partial charge in [-0.25, -0.2) is 4.79 Å². The molecule has 144 valence electrons. The van der Waals surface area contributed by atoms with Crippen LogP contribution in [0.4, 0.5) is 4.79 Å². The molecule has 1 unspecified atom stereocenters. The van der Waals surface area contributed by atoms with Gasteiger partial charge in [-0.2, -0.15) is 5.26 Å². The second-order valence-corrected chi connectivity index (χ2v) is 6.93. The van der Waals surface area contributed by atoms with Crippen LogP contribution >= 0.6 is 0 Å². The maximum absolute atomic E-state index is 12.5. The summed E-state index contributed by atoms with van der Waals surface area (Å²) in [4.78, 5) is 12.5. The van der Waals surface area contributed by atoms with Crippen molar-refractivity contribution < 1.29 is 14.6 Å². The van der Waals surface area contributed by atoms with Crippen molar-refractivity contribution in [3.63, 3.8) is 0 Å². The fourth-order valence-corrected chi connectivity index (χ4v) is 3.85. The van der Waals surface area contributed by atoms with Gasteiger partial charge in [0.25, 0.3) is 0 Å². The molecule has 1 aliphatic carbocycles. The quantitative estimate of drug-likeness (QED) is 0.648. The van der Waals surface area contributed by atoms with Crippen LogP contribution in [0.3, 0.4) is 0 Å². The van der Waals surface area contributed by atoms with E-state index in [4.69, 9.17) is 10.00 Å². The lowest BCUT2D eigenvalue weighted by molar-refractivity contribution is 0.122. The number of nitrogens with one attached hydrogen (secondary N) is 1. The van der Waals surface area contributed by atoms with E-state index in [-0.39, 0.29) is 12.5 Å². The Morgan fingerprint density at radius 2 is 1.52 bits per heavy atom. The zero-order chi connectivity index (χ0) is 20.2. The summed E-state index contributed by atoms with van der Waals surface area (Å²) in [7, 11) is 0. The molecule has 1 aliphatic rings. The van der Waals surface area contributed by atoms with Gasteiger partial charge in [-0.05, 0) is 27.8 Å². The van der Waals surface area contributed by atoms with Crippen molar-refractivity contribution in [1.82, 2.24) is 5.32 Å². The fraction of sp³-hybridized carbons (Fsp3) is 0.167. The molecule has 0 bridgehead atoms. The van der Waals surface area contributed by atoms with E-state index in [1.165, 1.54) is 0 Å². The van der Waals surface area contributed by atoms with Gasteiger partial charge in [0, 0.05) is 5.92 Å². The fourth-order valence-electron chi connectivity index (χ4n) is 3.85. The molecule has 5 heteroatoms. The van der Waals surface area contributed by atoms with E-state index >= 15 is 0 Å². The maximum atomic E-state index is 12.5. The number of hydrogen-bond donors (Lipinski definition) is 2. The van der Waals surface area contributed by atoms with Crippen molar-refractivity contribution in [2.45, 2.75) is 18.1 Å². The second-order valence-electron chi connectivity index (χ2n) is 6.93. The number of rotatable bonds is 5. The third kappa shape index (κ3) is 3.71. The summed E-state index contributed by atoms with van der Waals surface area (Å²) in [5.41, 5.74) is 5.18. The molecule has 0 spiro atoms. The molecule has 5 nitrogen and oxygen atoms in total. The number of carbonyl (C=O) groups is 1. The first-order valence-corrected chi connectivity index (χ1v) is 9.43. The monoisotopic (exact) mass is 384 g/mol. The van der Waals surface area contributed by atoms with Gasteiger partial charge >= 0.3 is 6.09 Å². The number of benzene rings is 3. The van der Waals surface area contributed by atoms with Gasteiger partial charge < -0.3 is 15.2 Å². The van der Waals surface area contributed by atoms with Crippen molar-refractivity contribution in [1.29, 1.82) is 5.26 Å². The van der Waals surface area contributed by atoms with E-state index in [1.54, 1.807) is 30.3 Å². The minimum atomic E-state index is -1.38. The van der Waals surface area contributed by atoms with Crippen LogP contribution in [-0.2, 0) is 4.74 Å². The topological polar surface area (TPSA) is 82.4 Å². The molecule has 29 heavy (non-hydrogen) atoms. The summed E-state index contributed by atoms with van der Waals surface area (Å²) >= 11 is 0. The summed E-state index contributed by atoms with van der Waals surface area (Å²) < 4.78 is 5.52. The number of aliphatic hydroxyl groups is 1. The number of fused-ring (bicyclic) bond motifs is 3. The number of nitrogens with zero attached hydrogens (tertiary/aromatic N) is 1. The lowest BCUT2D eigenvalue weighted by Crippen LogP contribution is -2.36. The van der Waals surface area contributed by atoms with Gasteiger partial charge in [-0.3, -0.25) is 0 Å². The normalized spacial score (nSPS) is 14.2. The van der Waals surface area contributed by atoms with Crippen LogP contribution in [-0.4, -0.2) is 23.9 Å². The molecule has 2 atom stereocenters. The van der Waals surface area contributed by atoms with Gasteiger partial charge in [0.2, 0.25) is 0 Å². The summed E-state index contributed by atoms with van der Waals surface area (Å²) in [5.74, 6) is -0.0517. The van der Waals surface area contributed by atoms with Crippen molar-refractivity contribution in [2.75, 3.05) is 6.61 Å². The van der Waals surface area contributed by atoms with Crippen molar-refractivity contribution in [2.24, 2.45) is 0 Å². The summed E-state index contributed by atoms with van der Waals surface area (Å²) in [5, 5.41) is 21.8. The van der Waals surface area contributed by atoms with Gasteiger partial charge in [0.05, 0.1) is 12.1 Å². The molecule has 3 aromatic carbocycles. The van der Waals surface area contributed by atoms with Crippen LogP contribution in [0.5, 0.6) is 0 Å². The van der Waals surface area contributed by atoms with E-state index in [0.717, 1.165) is 22.3 Å². The smallest absolute Gasteiger partial charge is 0.407 e. The molecule has 0 aliphatic heterocycles. The number of carbonyl (C=O) groups excluding carboxylic acids is 1. The molecule has 1 amide bonds. The first-order valence-electron chi connectivity index (χ1n) is 9.43. The molecule has 0 saturated carbocycles. The van der Waals surface area contributed by atoms with Gasteiger partial charge in [0.1, 0.15) is 6.61 Å². The molecular formula is C24H20N2O3. The molecule has 0 radical (unpaired) electrons. The highest BCUT2D eigenvalue weighted by atomic mass is 16.5. The van der Waals surface area contributed by atoms with Crippen molar-refractivity contribution >= 4 is 6.09 Å². The minimum Gasteiger partial charge on any atom is -0.449 e. The van der Waals surface area contributed by atoms with E-state index < -0.39 is 18.2 Å². The van der Waals surface area contributed by atoms with Crippen LogP contribution in [0.25, 0.3) is 11.1 Å². The predicted octanol–water partition coefficient (Wildman–Crippen LogP) is 4.15. The van der Waals surface area contributed by atoms with Crippen LogP contribution in [0.2, 0.25) is 0 Å². The van der Waals surface area contributed by atoms with E-state index in [2.05, 4.69) is 17.4 Å². The third-order valence-electron chi connectivity index (χ3n) is 5.22. The Hall–Kier alpha value is -3.62. The molecule has 0 heterocycles. The average molecular weight is 384 g/mol. The van der Waals surface area contributed by atoms with Crippen molar-refractivity contribution in [3.8, 4) is 17.2 Å². The van der Waals surface area contributed by atoms with E-state index in [9.17, 15) is 9.90 Å². The summed E-state index contributed by atoms with van der Waals surface area (Å²) in [6.45, 7) is 0.171. The van der Waals surface area contributed by atoms with Crippen LogP contribution in [0.15, 0.2) is 78.9 Å². The molecule has 0 fully saturated rings. The Kier molecular flexibility index (Phi) is 5.28. The highest BCUT2D eigenvalue weighted by Crippen LogP contribution is 2.44. The minimum absolute atomic E-state index is 0.0517. The number of aliphatic hydroxyl groups excluding tert-OH is 1. The lowest BCUT2D eigenvalue weighted by atomic mass is 9.98. The molecule has 2 N–H and O–H groups in total. The van der Waals surface area contributed by atoms with Gasteiger partial charge in [-0.15, -0.1) is 0 Å². The number of ether oxygens (including phenoxy) is 1. The first-order chi connectivity index (χ1) is 14.2. The Morgan fingerprint density at radius 3 is 2.10 bits per heavy atom. The predicted molar refractivity (Wildman–Crippen MR) is 109 cm³/mol. The Labute approximate surface area is 169 Å². The SMILES string of the molecule is N#CC(O)[C@@H](NC(=O)OCC1c2ccccc2-c2ccccc21)c1ccccc1. The van der Waals surface area contributed by atoms with E-state index in [1.807, 2.05) is 42.5 Å². The number of amides is 1. The average Bonchev–Trinajstić information content (AvgIpc) is 3.10. The molecule has 0 aromatic heterocycles. The van der Waals surface area contributed by atoms with Crippen LogP contribution in [0, 0.1) is 11.3 Å². The van der Waals surface area contributed by atoms with Gasteiger partial charge in [0.15, 0.2) is 6.10 Å². The third-order valence-corrected chi connectivity index (χ3v) is 5.22. The van der Waals surface area contributed by atoms with Crippen LogP contribution in [0.1, 0.15) is 28.7 Å². The Bertz CT molecular complexity index is 1010. The molecule has 0 saturated heterocycles. The number of alkyl carbamates (subject to hydrolysis) is 1. The van der Waals surface area contributed by atoms with Gasteiger partial charge in [-0.1, -0.05) is 78.9 Å². The molecule has 4 rings (SSSR count). The Balaban J connectivity index is 1.49. The standard InChI is InChI=1S/C24H20N2O3/c25-14-22(27)23(16-8-2-1-3-9-16)26-24(28)29-15-21-19-12-6-4-10-17(19)18-11-5-7-13-20(18)21/h1-13,21-23,27H,15H2,(H,26,28)/t22?,23-/m0/s1. The first kappa shape index (κ1) is 18.7. The zero-order valence-corrected chi connectivity index (χ0v) is 15.7. The highest BCUT2D eigenvalue weighted by Gasteiger charge is 2.30. The molecule has 3 aromatic rings. The summed E-state index contributed by atoms with van der Waals surface area (Å²) in [6.07, 6.45) is -2.05. The second kappa shape index (κ2) is 8.17. The highest BCUT2D eigenvalue weighted by molar-refractivity contribution is 5.79. The van der Waals surface area contributed by atoms with Crippen LogP contribution < -0.4 is 5.32 Å². The van der Waals surface area contributed by atoms with E-state index in [0.29, 0.717) is 5.56 Å². The number of nitriles is 1. The van der Waals surface area contributed by atoms with Crippen molar-refractivity contribution in [3.05, 3.63) is 95.6 Å². The number of hydrogen-bond acceptors (Lipinski definition) is 4. The lowest BCUT2D eigenvalue weighted by Gasteiger charge is -2.21. The summed E-state index contributed by atoms with van der Waals surface area (Å²) in [6, 6.07) is 26.0.